The van der Waals surface area contributed by atoms with Crippen LogP contribution in [0.25, 0.3) is 0 Å². The van der Waals surface area contributed by atoms with Gasteiger partial charge in [0, 0.05) is 12.1 Å². The Kier molecular flexibility index (Phi) is 6.74. The molecule has 1 atom stereocenters. The van der Waals surface area contributed by atoms with Gasteiger partial charge in [-0.05, 0) is 43.7 Å². The summed E-state index contributed by atoms with van der Waals surface area (Å²) in [6.07, 6.45) is -0.752. The second-order valence-electron chi connectivity index (χ2n) is 6.05. The second-order valence-corrected chi connectivity index (χ2v) is 6.05. The summed E-state index contributed by atoms with van der Waals surface area (Å²) in [5.41, 5.74) is 7.40. The Morgan fingerprint density at radius 3 is 2.27 bits per heavy atom. The van der Waals surface area contributed by atoms with E-state index in [1.807, 2.05) is 38.1 Å². The van der Waals surface area contributed by atoms with E-state index in [0.717, 1.165) is 11.1 Å². The number of hydrogen-bond acceptors (Lipinski definition) is 4. The highest BCUT2D eigenvalue weighted by Crippen LogP contribution is 2.18. The topological polar surface area (TPSA) is 92.9 Å². The van der Waals surface area contributed by atoms with Gasteiger partial charge < -0.3 is 20.5 Å². The number of aliphatic hydroxyl groups is 1. The van der Waals surface area contributed by atoms with Crippen LogP contribution in [-0.2, 0) is 4.79 Å². The average molecular weight is 356 g/mol. The number of rotatable bonds is 8. The van der Waals surface area contributed by atoms with Crippen LogP contribution in [0, 0.1) is 6.92 Å². The molecule has 2 aromatic carbocycles. The molecular formula is C20H24N2O4. The molecule has 26 heavy (non-hydrogen) atoms. The molecule has 138 valence electrons. The summed E-state index contributed by atoms with van der Waals surface area (Å²) < 4.78 is 5.18. The monoisotopic (exact) mass is 356 g/mol. The Morgan fingerprint density at radius 1 is 1.12 bits per heavy atom. The number of benzene rings is 2. The van der Waals surface area contributed by atoms with E-state index in [1.54, 1.807) is 29.2 Å². The van der Waals surface area contributed by atoms with Gasteiger partial charge in [-0.1, -0.05) is 29.8 Å². The van der Waals surface area contributed by atoms with Crippen LogP contribution in [0.4, 0.5) is 0 Å². The number of primary amides is 1. The average Bonchev–Trinajstić information content (AvgIpc) is 2.64. The lowest BCUT2D eigenvalue weighted by Gasteiger charge is -2.24. The number of carbonyl (C=O) groups excluding carboxylic acids is 2. The fourth-order valence-electron chi connectivity index (χ4n) is 2.49. The van der Waals surface area contributed by atoms with Crippen LogP contribution in [0.3, 0.4) is 0 Å². The molecule has 0 aliphatic carbocycles. The van der Waals surface area contributed by atoms with Gasteiger partial charge in [0.25, 0.3) is 11.8 Å². The molecule has 2 amide bonds. The SMILES string of the molecule is CCN(CC(O)c1ccc(C)cc1)C(=O)c1ccc(OCC(N)=O)cc1. The van der Waals surface area contributed by atoms with Gasteiger partial charge in [0.1, 0.15) is 5.75 Å². The lowest BCUT2D eigenvalue weighted by molar-refractivity contribution is -0.119. The van der Waals surface area contributed by atoms with E-state index >= 15 is 0 Å². The summed E-state index contributed by atoms with van der Waals surface area (Å²) in [5, 5.41) is 10.4. The Hall–Kier alpha value is -2.86. The molecule has 2 aromatic rings. The lowest BCUT2D eigenvalue weighted by atomic mass is 10.1. The van der Waals surface area contributed by atoms with Crippen molar-refractivity contribution < 1.29 is 19.4 Å². The summed E-state index contributed by atoms with van der Waals surface area (Å²) in [6, 6.07) is 14.1. The maximum atomic E-state index is 12.7. The molecule has 3 N–H and O–H groups in total. The smallest absolute Gasteiger partial charge is 0.255 e. The van der Waals surface area contributed by atoms with Crippen molar-refractivity contribution in [2.75, 3.05) is 19.7 Å². The first-order valence-electron chi connectivity index (χ1n) is 8.45. The van der Waals surface area contributed by atoms with E-state index in [1.165, 1.54) is 0 Å². The predicted octanol–water partition coefficient (Wildman–Crippen LogP) is 2.05. The van der Waals surface area contributed by atoms with E-state index in [9.17, 15) is 14.7 Å². The van der Waals surface area contributed by atoms with Gasteiger partial charge in [0.05, 0.1) is 12.6 Å². The van der Waals surface area contributed by atoms with Crippen molar-refractivity contribution in [2.24, 2.45) is 5.73 Å². The molecule has 0 bridgehead atoms. The molecule has 1 unspecified atom stereocenters. The third-order valence-corrected chi connectivity index (χ3v) is 4.01. The Bertz CT molecular complexity index is 741. The van der Waals surface area contributed by atoms with Gasteiger partial charge in [-0.15, -0.1) is 0 Å². The first-order valence-corrected chi connectivity index (χ1v) is 8.45. The zero-order valence-electron chi connectivity index (χ0n) is 15.0. The van der Waals surface area contributed by atoms with Gasteiger partial charge in [0.15, 0.2) is 6.61 Å². The van der Waals surface area contributed by atoms with Crippen molar-refractivity contribution in [3.05, 3.63) is 65.2 Å². The number of likely N-dealkylation sites (N-methyl/N-ethyl adjacent to an activating group) is 1. The Balaban J connectivity index is 2.03. The molecule has 2 rings (SSSR count). The van der Waals surface area contributed by atoms with Gasteiger partial charge in [-0.2, -0.15) is 0 Å². The molecule has 0 fully saturated rings. The van der Waals surface area contributed by atoms with Crippen LogP contribution in [-0.4, -0.2) is 41.5 Å². The van der Waals surface area contributed by atoms with Gasteiger partial charge in [-0.25, -0.2) is 0 Å². The van der Waals surface area contributed by atoms with Crippen LogP contribution >= 0.6 is 0 Å². The van der Waals surface area contributed by atoms with Crippen molar-refractivity contribution in [2.45, 2.75) is 20.0 Å². The first kappa shape index (κ1) is 19.5. The molecular weight excluding hydrogens is 332 g/mol. The standard InChI is InChI=1S/C20H24N2O4/c1-3-22(12-18(23)15-6-4-14(2)5-7-15)20(25)16-8-10-17(11-9-16)26-13-19(21)24/h4-11,18,23H,3,12-13H2,1-2H3,(H2,21,24). The molecule has 0 aromatic heterocycles. The predicted molar refractivity (Wildman–Crippen MR) is 98.8 cm³/mol. The highest BCUT2D eigenvalue weighted by molar-refractivity contribution is 5.94. The number of nitrogens with zero attached hydrogens (tertiary/aromatic N) is 1. The van der Waals surface area contributed by atoms with E-state index in [4.69, 9.17) is 10.5 Å². The Labute approximate surface area is 153 Å². The second kappa shape index (κ2) is 9.01. The summed E-state index contributed by atoms with van der Waals surface area (Å²) in [6.45, 7) is 4.32. The first-order chi connectivity index (χ1) is 12.4. The minimum absolute atomic E-state index is 0.180. The summed E-state index contributed by atoms with van der Waals surface area (Å²) >= 11 is 0. The lowest BCUT2D eigenvalue weighted by Crippen LogP contribution is -2.34. The fraction of sp³-hybridized carbons (Fsp3) is 0.300. The highest BCUT2D eigenvalue weighted by atomic mass is 16.5. The van der Waals surface area contributed by atoms with Crippen LogP contribution in [0.5, 0.6) is 5.75 Å². The molecule has 0 saturated heterocycles. The number of amides is 2. The molecule has 6 heteroatoms. The van der Waals surface area contributed by atoms with E-state index < -0.39 is 12.0 Å². The van der Waals surface area contributed by atoms with Gasteiger partial charge >= 0.3 is 0 Å². The van der Waals surface area contributed by atoms with E-state index in [2.05, 4.69) is 0 Å². The van der Waals surface area contributed by atoms with Crippen LogP contribution in [0.1, 0.15) is 34.5 Å². The number of carbonyl (C=O) groups is 2. The maximum absolute atomic E-state index is 12.7. The zero-order valence-corrected chi connectivity index (χ0v) is 15.0. The van der Waals surface area contributed by atoms with Crippen LogP contribution in [0.2, 0.25) is 0 Å². The van der Waals surface area contributed by atoms with Crippen LogP contribution in [0.15, 0.2) is 48.5 Å². The van der Waals surface area contributed by atoms with Crippen LogP contribution < -0.4 is 10.5 Å². The van der Waals surface area contributed by atoms with Crippen molar-refractivity contribution in [3.63, 3.8) is 0 Å². The largest absolute Gasteiger partial charge is 0.484 e. The third-order valence-electron chi connectivity index (χ3n) is 4.01. The summed E-state index contributed by atoms with van der Waals surface area (Å²) in [7, 11) is 0. The molecule has 0 heterocycles. The molecule has 0 saturated carbocycles. The molecule has 0 aliphatic heterocycles. The van der Waals surface area contributed by atoms with Crippen molar-refractivity contribution in [3.8, 4) is 5.75 Å². The minimum Gasteiger partial charge on any atom is -0.484 e. The molecule has 0 spiro atoms. The third kappa shape index (κ3) is 5.32. The highest BCUT2D eigenvalue weighted by Gasteiger charge is 2.19. The normalized spacial score (nSPS) is 11.7. The summed E-state index contributed by atoms with van der Waals surface area (Å²) in [5.74, 6) is -0.282. The van der Waals surface area contributed by atoms with Gasteiger partial charge in [-0.3, -0.25) is 9.59 Å². The number of aryl methyl sites for hydroxylation is 1. The number of hydrogen-bond donors (Lipinski definition) is 2. The van der Waals surface area contributed by atoms with Crippen molar-refractivity contribution in [1.29, 1.82) is 0 Å². The van der Waals surface area contributed by atoms with E-state index in [0.29, 0.717) is 17.9 Å². The number of aliphatic hydroxyl groups excluding tert-OH is 1. The molecule has 0 aliphatic rings. The number of nitrogens with two attached hydrogens (primary N) is 1. The van der Waals surface area contributed by atoms with E-state index in [-0.39, 0.29) is 19.1 Å². The minimum atomic E-state index is -0.752. The van der Waals surface area contributed by atoms with Crippen molar-refractivity contribution in [1.82, 2.24) is 4.90 Å². The zero-order chi connectivity index (χ0) is 19.1. The maximum Gasteiger partial charge on any atom is 0.255 e. The quantitative estimate of drug-likeness (QED) is 0.757. The number of ether oxygens (including phenoxy) is 1. The van der Waals surface area contributed by atoms with Gasteiger partial charge in [0.2, 0.25) is 0 Å². The molecule has 0 radical (unpaired) electrons. The Morgan fingerprint density at radius 2 is 1.73 bits per heavy atom. The fourth-order valence-corrected chi connectivity index (χ4v) is 2.49. The van der Waals surface area contributed by atoms with Crippen molar-refractivity contribution >= 4 is 11.8 Å². The molecule has 6 nitrogen and oxygen atoms in total. The summed E-state index contributed by atoms with van der Waals surface area (Å²) in [4.78, 5) is 25.0.